The number of para-hydroxylation sites is 1. The minimum atomic E-state index is -0.354. The molecule has 1 atom stereocenters. The number of halogens is 1. The van der Waals surface area contributed by atoms with Crippen LogP contribution in [0, 0.1) is 12.7 Å². The number of rotatable bonds is 12. The molecule has 32 heavy (non-hydrogen) atoms. The van der Waals surface area contributed by atoms with Crippen molar-refractivity contribution in [2.75, 3.05) is 13.1 Å². The first-order valence-electron chi connectivity index (χ1n) is 11.5. The van der Waals surface area contributed by atoms with E-state index < -0.39 is 0 Å². The molecule has 1 aromatic heterocycles. The summed E-state index contributed by atoms with van der Waals surface area (Å²) in [6.45, 7) is 8.35. The van der Waals surface area contributed by atoms with E-state index in [2.05, 4.69) is 18.7 Å². The first kappa shape index (κ1) is 24.0. The summed E-state index contributed by atoms with van der Waals surface area (Å²) in [5, 5.41) is 15.3. The van der Waals surface area contributed by atoms with Gasteiger partial charge in [-0.25, -0.2) is 9.07 Å². The molecule has 0 spiro atoms. The summed E-state index contributed by atoms with van der Waals surface area (Å²) >= 11 is 0. The summed E-state index contributed by atoms with van der Waals surface area (Å²) in [6, 6.07) is 15.9. The summed E-state index contributed by atoms with van der Waals surface area (Å²) in [5.41, 5.74) is 2.73. The number of unbranched alkanes of at least 4 members (excludes halogenated alkanes) is 1. The van der Waals surface area contributed by atoms with Gasteiger partial charge in [0.25, 0.3) is 0 Å². The summed E-state index contributed by atoms with van der Waals surface area (Å²) in [4.78, 5) is 2.26. The molecule has 1 N–H and O–H groups in total. The van der Waals surface area contributed by atoms with Gasteiger partial charge in [0, 0.05) is 13.1 Å². The molecule has 172 valence electrons. The van der Waals surface area contributed by atoms with E-state index in [0.29, 0.717) is 24.7 Å². The lowest BCUT2D eigenvalue weighted by molar-refractivity contribution is 0.0991. The maximum atomic E-state index is 13.4. The van der Waals surface area contributed by atoms with Crippen LogP contribution in [0.4, 0.5) is 4.39 Å². The Morgan fingerprint density at radius 2 is 1.78 bits per heavy atom. The van der Waals surface area contributed by atoms with Gasteiger partial charge in [-0.3, -0.25) is 4.90 Å². The zero-order valence-corrected chi connectivity index (χ0v) is 19.3. The Labute approximate surface area is 190 Å². The molecule has 1 unspecified atom stereocenters. The molecule has 0 saturated heterocycles. The Hall–Kier alpha value is -2.70. The van der Waals surface area contributed by atoms with E-state index >= 15 is 0 Å². The van der Waals surface area contributed by atoms with Gasteiger partial charge in [-0.1, -0.05) is 44.9 Å². The second-order valence-corrected chi connectivity index (χ2v) is 8.20. The lowest BCUT2D eigenvalue weighted by atomic mass is 10.1. The molecule has 0 aliphatic rings. The summed E-state index contributed by atoms with van der Waals surface area (Å²) in [6.07, 6.45) is 3.53. The summed E-state index contributed by atoms with van der Waals surface area (Å²) in [7, 11) is 0. The predicted octanol–water partition coefficient (Wildman–Crippen LogP) is 5.88. The lowest BCUT2D eigenvalue weighted by Crippen LogP contribution is -2.33. The number of hydrogen-bond acceptors (Lipinski definition) is 4. The predicted molar refractivity (Wildman–Crippen MR) is 126 cm³/mol. The second-order valence-electron chi connectivity index (χ2n) is 8.20. The van der Waals surface area contributed by atoms with Crippen LogP contribution in [0.15, 0.2) is 54.6 Å². The van der Waals surface area contributed by atoms with E-state index in [4.69, 9.17) is 9.84 Å². The van der Waals surface area contributed by atoms with Gasteiger partial charge >= 0.3 is 0 Å². The third-order valence-electron chi connectivity index (χ3n) is 5.45. The Kier molecular flexibility index (Phi) is 8.82. The van der Waals surface area contributed by atoms with Crippen LogP contribution >= 0.6 is 0 Å². The highest BCUT2D eigenvalue weighted by Crippen LogP contribution is 2.32. The van der Waals surface area contributed by atoms with Gasteiger partial charge in [0.2, 0.25) is 5.88 Å². The average Bonchev–Trinajstić information content (AvgIpc) is 3.09. The van der Waals surface area contributed by atoms with Crippen molar-refractivity contribution in [3.05, 3.63) is 71.7 Å². The number of ether oxygens (including phenoxy) is 1. The van der Waals surface area contributed by atoms with Crippen molar-refractivity contribution in [2.24, 2.45) is 0 Å². The molecular formula is C26H34FN3O2. The molecule has 5 nitrogen and oxygen atoms in total. The number of aromatic nitrogens is 2. The van der Waals surface area contributed by atoms with E-state index in [1.54, 1.807) is 16.8 Å². The quantitative estimate of drug-likeness (QED) is 0.383. The molecule has 3 rings (SSSR count). The first-order valence-corrected chi connectivity index (χ1v) is 11.5. The van der Waals surface area contributed by atoms with Gasteiger partial charge in [0.1, 0.15) is 11.6 Å². The van der Waals surface area contributed by atoms with Gasteiger partial charge in [0.05, 0.1) is 23.0 Å². The number of nitrogens with zero attached hydrogens (tertiary/aromatic N) is 3. The molecule has 6 heteroatoms. The molecule has 0 saturated carbocycles. The van der Waals surface area contributed by atoms with E-state index in [-0.39, 0.29) is 11.9 Å². The van der Waals surface area contributed by atoms with Crippen LogP contribution in [0.3, 0.4) is 0 Å². The van der Waals surface area contributed by atoms with Gasteiger partial charge in [-0.05, 0) is 62.7 Å². The molecule has 0 amide bonds. The van der Waals surface area contributed by atoms with Gasteiger partial charge < -0.3 is 9.84 Å². The molecule has 0 bridgehead atoms. The van der Waals surface area contributed by atoms with Crippen molar-refractivity contribution in [2.45, 2.75) is 59.1 Å². The van der Waals surface area contributed by atoms with Crippen LogP contribution in [0.1, 0.15) is 50.8 Å². The van der Waals surface area contributed by atoms with E-state index in [0.717, 1.165) is 49.2 Å². The van der Waals surface area contributed by atoms with E-state index in [9.17, 15) is 9.50 Å². The van der Waals surface area contributed by atoms with Crippen molar-refractivity contribution in [3.8, 4) is 17.3 Å². The molecule has 1 heterocycles. The number of aliphatic hydroxyl groups excluding tert-OH is 1. The standard InChI is InChI=1S/C26H34FN3O2/c1-4-6-12-23(31)18-29(17-5-2)19-25-20(3)28-30(22-10-8-7-9-11-22)26(25)32-24-15-13-21(27)14-16-24/h7-11,13-16,23,31H,4-6,12,17-19H2,1-3H3. The minimum Gasteiger partial charge on any atom is -0.439 e. The molecule has 3 aromatic rings. The number of aliphatic hydroxyl groups is 1. The topological polar surface area (TPSA) is 50.5 Å². The van der Waals surface area contributed by atoms with Gasteiger partial charge in [0.15, 0.2) is 0 Å². The third-order valence-corrected chi connectivity index (χ3v) is 5.45. The van der Waals surface area contributed by atoms with E-state index in [1.807, 2.05) is 37.3 Å². The van der Waals surface area contributed by atoms with Crippen LogP contribution < -0.4 is 4.74 Å². The molecule has 2 aromatic carbocycles. The summed E-state index contributed by atoms with van der Waals surface area (Å²) < 4.78 is 21.5. The fourth-order valence-electron chi connectivity index (χ4n) is 3.79. The highest BCUT2D eigenvalue weighted by molar-refractivity contribution is 5.43. The fraction of sp³-hybridized carbons (Fsp3) is 0.423. The van der Waals surface area contributed by atoms with Crippen molar-refractivity contribution >= 4 is 0 Å². The van der Waals surface area contributed by atoms with E-state index in [1.165, 1.54) is 12.1 Å². The van der Waals surface area contributed by atoms with Crippen LogP contribution in [0.5, 0.6) is 11.6 Å². The smallest absolute Gasteiger partial charge is 0.227 e. The molecule has 0 fully saturated rings. The van der Waals surface area contributed by atoms with Crippen LogP contribution in [-0.4, -0.2) is 39.0 Å². The first-order chi connectivity index (χ1) is 15.5. The maximum Gasteiger partial charge on any atom is 0.227 e. The zero-order valence-electron chi connectivity index (χ0n) is 19.3. The van der Waals surface area contributed by atoms with Crippen molar-refractivity contribution in [1.82, 2.24) is 14.7 Å². The van der Waals surface area contributed by atoms with Crippen LogP contribution in [0.25, 0.3) is 5.69 Å². The summed E-state index contributed by atoms with van der Waals surface area (Å²) in [5.74, 6) is 0.861. The van der Waals surface area contributed by atoms with Crippen molar-refractivity contribution < 1.29 is 14.2 Å². The van der Waals surface area contributed by atoms with Crippen molar-refractivity contribution in [3.63, 3.8) is 0 Å². The fourth-order valence-corrected chi connectivity index (χ4v) is 3.79. The lowest BCUT2D eigenvalue weighted by Gasteiger charge is -2.25. The largest absolute Gasteiger partial charge is 0.439 e. The zero-order chi connectivity index (χ0) is 22.9. The molecule has 0 aliphatic heterocycles. The highest BCUT2D eigenvalue weighted by atomic mass is 19.1. The number of aryl methyl sites for hydroxylation is 1. The Bertz CT molecular complexity index is 957. The molecule has 0 aliphatic carbocycles. The minimum absolute atomic E-state index is 0.305. The Morgan fingerprint density at radius 3 is 2.44 bits per heavy atom. The number of hydrogen-bond donors (Lipinski definition) is 1. The molecule has 0 radical (unpaired) electrons. The highest BCUT2D eigenvalue weighted by Gasteiger charge is 2.22. The molecular weight excluding hydrogens is 405 g/mol. The van der Waals surface area contributed by atoms with Crippen molar-refractivity contribution in [1.29, 1.82) is 0 Å². The van der Waals surface area contributed by atoms with Crippen LogP contribution in [0.2, 0.25) is 0 Å². The van der Waals surface area contributed by atoms with Crippen LogP contribution in [-0.2, 0) is 6.54 Å². The second kappa shape index (κ2) is 11.8. The van der Waals surface area contributed by atoms with Gasteiger partial charge in [-0.2, -0.15) is 5.10 Å². The monoisotopic (exact) mass is 439 g/mol. The number of benzene rings is 2. The average molecular weight is 440 g/mol. The van der Waals surface area contributed by atoms with Gasteiger partial charge in [-0.15, -0.1) is 0 Å². The Balaban J connectivity index is 1.94. The SMILES string of the molecule is CCCCC(O)CN(CCC)Cc1c(C)nn(-c2ccccc2)c1Oc1ccc(F)cc1. The third kappa shape index (κ3) is 6.40. The Morgan fingerprint density at radius 1 is 1.06 bits per heavy atom. The normalized spacial score (nSPS) is 12.3. The maximum absolute atomic E-state index is 13.4.